The molecule has 0 atom stereocenters. The van der Waals surface area contributed by atoms with Gasteiger partial charge in [0, 0.05) is 32.3 Å². The SMILES string of the molecule is CN=C(NCCCOCc1ccco1)NCC(C)(C)N(C)C.I. The van der Waals surface area contributed by atoms with E-state index in [1.54, 1.807) is 13.3 Å². The van der Waals surface area contributed by atoms with Gasteiger partial charge in [-0.15, -0.1) is 24.0 Å². The number of ether oxygens (including phenoxy) is 1. The van der Waals surface area contributed by atoms with Gasteiger partial charge in [0.05, 0.1) is 6.26 Å². The van der Waals surface area contributed by atoms with Crippen LogP contribution in [-0.2, 0) is 11.3 Å². The third-order valence-electron chi connectivity index (χ3n) is 3.71. The van der Waals surface area contributed by atoms with Crippen molar-refractivity contribution in [1.29, 1.82) is 0 Å². The lowest BCUT2D eigenvalue weighted by Gasteiger charge is -2.33. The summed E-state index contributed by atoms with van der Waals surface area (Å²) in [7, 11) is 5.94. The molecular formula is C16H31IN4O2. The molecule has 134 valence electrons. The van der Waals surface area contributed by atoms with Crippen LogP contribution in [0.4, 0.5) is 0 Å². The van der Waals surface area contributed by atoms with Crippen LogP contribution in [0.5, 0.6) is 0 Å². The minimum Gasteiger partial charge on any atom is -0.467 e. The first kappa shape index (κ1) is 22.2. The monoisotopic (exact) mass is 438 g/mol. The summed E-state index contributed by atoms with van der Waals surface area (Å²) in [5, 5.41) is 6.64. The molecule has 23 heavy (non-hydrogen) atoms. The molecule has 0 radical (unpaired) electrons. The fourth-order valence-electron chi connectivity index (χ4n) is 1.63. The summed E-state index contributed by atoms with van der Waals surface area (Å²) in [6.07, 6.45) is 2.57. The Balaban J connectivity index is 0.00000484. The van der Waals surface area contributed by atoms with E-state index in [2.05, 4.69) is 48.5 Å². The molecule has 1 aromatic rings. The molecule has 0 spiro atoms. The molecule has 0 aliphatic carbocycles. The van der Waals surface area contributed by atoms with Crippen molar-refractivity contribution in [3.8, 4) is 0 Å². The van der Waals surface area contributed by atoms with Gasteiger partial charge in [0.1, 0.15) is 12.4 Å². The summed E-state index contributed by atoms with van der Waals surface area (Å²) >= 11 is 0. The average Bonchev–Trinajstić information content (AvgIpc) is 2.98. The van der Waals surface area contributed by atoms with Gasteiger partial charge in [-0.1, -0.05) is 0 Å². The number of nitrogens with zero attached hydrogens (tertiary/aromatic N) is 2. The molecule has 1 aromatic heterocycles. The summed E-state index contributed by atoms with van der Waals surface area (Å²) < 4.78 is 10.7. The summed E-state index contributed by atoms with van der Waals surface area (Å²) in [4.78, 5) is 6.42. The van der Waals surface area contributed by atoms with Crippen LogP contribution < -0.4 is 10.6 Å². The van der Waals surface area contributed by atoms with Crippen molar-refractivity contribution in [3.63, 3.8) is 0 Å². The second kappa shape index (κ2) is 11.7. The third kappa shape index (κ3) is 9.17. The van der Waals surface area contributed by atoms with Crippen molar-refractivity contribution in [2.45, 2.75) is 32.4 Å². The summed E-state index contributed by atoms with van der Waals surface area (Å²) in [5.41, 5.74) is 0.0732. The first-order valence-electron chi connectivity index (χ1n) is 7.68. The number of rotatable bonds is 9. The van der Waals surface area contributed by atoms with Crippen LogP contribution in [0.15, 0.2) is 27.8 Å². The highest BCUT2D eigenvalue weighted by Crippen LogP contribution is 2.07. The minimum absolute atomic E-state index is 0. The fourth-order valence-corrected chi connectivity index (χ4v) is 1.63. The summed E-state index contributed by atoms with van der Waals surface area (Å²) in [6.45, 7) is 7.24. The summed E-state index contributed by atoms with van der Waals surface area (Å²) in [5.74, 6) is 1.68. The van der Waals surface area contributed by atoms with E-state index in [1.807, 2.05) is 12.1 Å². The van der Waals surface area contributed by atoms with Gasteiger partial charge in [-0.25, -0.2) is 0 Å². The topological polar surface area (TPSA) is 62.0 Å². The highest BCUT2D eigenvalue weighted by Gasteiger charge is 2.20. The normalized spacial score (nSPS) is 12.2. The number of hydrogen-bond donors (Lipinski definition) is 2. The van der Waals surface area contributed by atoms with Crippen molar-refractivity contribution >= 4 is 29.9 Å². The molecule has 1 heterocycles. The van der Waals surface area contributed by atoms with Gasteiger partial charge in [0.25, 0.3) is 0 Å². The molecule has 0 saturated heterocycles. The predicted molar refractivity (Wildman–Crippen MR) is 106 cm³/mol. The van der Waals surface area contributed by atoms with Gasteiger partial charge in [-0.05, 0) is 46.5 Å². The zero-order chi connectivity index (χ0) is 16.4. The first-order chi connectivity index (χ1) is 10.5. The van der Waals surface area contributed by atoms with Crippen LogP contribution >= 0.6 is 24.0 Å². The van der Waals surface area contributed by atoms with Crippen molar-refractivity contribution in [2.75, 3.05) is 40.8 Å². The maximum atomic E-state index is 5.54. The summed E-state index contributed by atoms with van der Waals surface area (Å²) in [6, 6.07) is 3.78. The Morgan fingerprint density at radius 1 is 1.35 bits per heavy atom. The lowest BCUT2D eigenvalue weighted by atomic mass is 10.0. The molecule has 6 nitrogen and oxygen atoms in total. The number of furan rings is 1. The van der Waals surface area contributed by atoms with E-state index in [4.69, 9.17) is 9.15 Å². The van der Waals surface area contributed by atoms with Gasteiger partial charge < -0.3 is 24.7 Å². The highest BCUT2D eigenvalue weighted by atomic mass is 127. The van der Waals surface area contributed by atoms with Crippen LogP contribution in [0.3, 0.4) is 0 Å². The molecule has 0 aliphatic rings. The molecule has 0 amide bonds. The number of hydrogen-bond acceptors (Lipinski definition) is 4. The Bertz CT molecular complexity index is 433. The molecular weight excluding hydrogens is 407 g/mol. The quantitative estimate of drug-likeness (QED) is 0.268. The lowest BCUT2D eigenvalue weighted by Crippen LogP contribution is -2.51. The second-order valence-corrected chi connectivity index (χ2v) is 6.04. The van der Waals surface area contributed by atoms with Crippen molar-refractivity contribution < 1.29 is 9.15 Å². The van der Waals surface area contributed by atoms with Crippen LogP contribution in [0.2, 0.25) is 0 Å². The smallest absolute Gasteiger partial charge is 0.191 e. The van der Waals surface area contributed by atoms with Crippen molar-refractivity contribution in [3.05, 3.63) is 24.2 Å². The van der Waals surface area contributed by atoms with Crippen LogP contribution in [-0.4, -0.2) is 57.2 Å². The number of likely N-dealkylation sites (N-methyl/N-ethyl adjacent to an activating group) is 1. The minimum atomic E-state index is 0. The Morgan fingerprint density at radius 2 is 2.09 bits per heavy atom. The molecule has 0 unspecified atom stereocenters. The highest BCUT2D eigenvalue weighted by molar-refractivity contribution is 14.0. The molecule has 7 heteroatoms. The van der Waals surface area contributed by atoms with Crippen LogP contribution in [0.25, 0.3) is 0 Å². The van der Waals surface area contributed by atoms with E-state index < -0.39 is 0 Å². The van der Waals surface area contributed by atoms with E-state index in [0.717, 1.165) is 31.2 Å². The van der Waals surface area contributed by atoms with Gasteiger partial charge in [-0.3, -0.25) is 4.99 Å². The standard InChI is InChI=1S/C16H30N4O2.HI/c1-16(2,20(4)5)13-19-15(17-3)18-9-7-10-21-12-14-8-6-11-22-14;/h6,8,11H,7,9-10,12-13H2,1-5H3,(H2,17,18,19);1H. The zero-order valence-corrected chi connectivity index (χ0v) is 17.2. The molecule has 1 rings (SSSR count). The second-order valence-electron chi connectivity index (χ2n) is 6.04. The van der Waals surface area contributed by atoms with E-state index in [-0.39, 0.29) is 29.5 Å². The van der Waals surface area contributed by atoms with Crippen molar-refractivity contribution in [1.82, 2.24) is 15.5 Å². The van der Waals surface area contributed by atoms with Gasteiger partial charge in [0.15, 0.2) is 5.96 Å². The fraction of sp³-hybridized carbons (Fsp3) is 0.688. The lowest BCUT2D eigenvalue weighted by molar-refractivity contribution is 0.105. The molecule has 0 fully saturated rings. The van der Waals surface area contributed by atoms with E-state index in [0.29, 0.717) is 13.2 Å². The number of halogens is 1. The zero-order valence-electron chi connectivity index (χ0n) is 14.9. The molecule has 2 N–H and O–H groups in total. The molecule has 0 aliphatic heterocycles. The Kier molecular flexibility index (Phi) is 11.3. The van der Waals surface area contributed by atoms with Gasteiger partial charge in [0.2, 0.25) is 0 Å². The predicted octanol–water partition coefficient (Wildman–Crippen LogP) is 2.31. The number of guanidine groups is 1. The van der Waals surface area contributed by atoms with E-state index in [9.17, 15) is 0 Å². The van der Waals surface area contributed by atoms with E-state index in [1.165, 1.54) is 0 Å². The third-order valence-corrected chi connectivity index (χ3v) is 3.71. The van der Waals surface area contributed by atoms with Crippen molar-refractivity contribution in [2.24, 2.45) is 4.99 Å². The average molecular weight is 438 g/mol. The van der Waals surface area contributed by atoms with Gasteiger partial charge in [-0.2, -0.15) is 0 Å². The first-order valence-corrected chi connectivity index (χ1v) is 7.68. The van der Waals surface area contributed by atoms with Gasteiger partial charge >= 0.3 is 0 Å². The maximum absolute atomic E-state index is 5.54. The van der Waals surface area contributed by atoms with E-state index >= 15 is 0 Å². The maximum Gasteiger partial charge on any atom is 0.191 e. The Hall–Kier alpha value is -0.800. The molecule has 0 aromatic carbocycles. The van der Waals surface area contributed by atoms with Crippen LogP contribution in [0.1, 0.15) is 26.0 Å². The molecule has 0 bridgehead atoms. The Morgan fingerprint density at radius 3 is 2.65 bits per heavy atom. The largest absolute Gasteiger partial charge is 0.467 e. The number of aliphatic imine (C=N–C) groups is 1. The molecule has 0 saturated carbocycles. The number of nitrogens with one attached hydrogen (secondary N) is 2. The Labute approximate surface area is 157 Å². The van der Waals surface area contributed by atoms with Crippen LogP contribution in [0, 0.1) is 0 Å².